The highest BCUT2D eigenvalue weighted by molar-refractivity contribution is 7.90. The van der Waals surface area contributed by atoms with E-state index in [1.165, 1.54) is 12.1 Å². The van der Waals surface area contributed by atoms with Crippen LogP contribution in [-0.4, -0.2) is 36.0 Å². The second-order valence-electron chi connectivity index (χ2n) is 5.43. The molecular weight excluding hydrogens is 349 g/mol. The topological polar surface area (TPSA) is 93.3 Å². The zero-order valence-electron chi connectivity index (χ0n) is 12.6. The average molecular weight is 364 g/mol. The molecule has 1 N–H and O–H groups in total. The predicted molar refractivity (Wildman–Crippen MR) is 78.5 cm³/mol. The Labute approximate surface area is 136 Å². The zero-order chi connectivity index (χ0) is 18.0. The Balaban J connectivity index is 2.13. The fourth-order valence-corrected chi connectivity index (χ4v) is 3.56. The Kier molecular flexibility index (Phi) is 5.29. The normalized spacial score (nSPS) is 13.9. The van der Waals surface area contributed by atoms with E-state index in [0.717, 1.165) is 12.1 Å². The minimum Gasteiger partial charge on any atom is -0.396 e. The fraction of sp³-hybridized carbons (Fsp3) is 0.429. The zero-order valence-corrected chi connectivity index (χ0v) is 13.4. The molecule has 0 aliphatic carbocycles. The van der Waals surface area contributed by atoms with E-state index in [2.05, 4.69) is 10.1 Å². The minimum absolute atomic E-state index is 0.00383. The van der Waals surface area contributed by atoms with Crippen molar-refractivity contribution < 1.29 is 31.2 Å². The van der Waals surface area contributed by atoms with Crippen LogP contribution in [0.4, 0.5) is 13.2 Å². The summed E-state index contributed by atoms with van der Waals surface area (Å²) in [5.74, 6) is -1.31. The van der Waals surface area contributed by atoms with Gasteiger partial charge in [0.15, 0.2) is 9.84 Å². The van der Waals surface area contributed by atoms with Gasteiger partial charge in [-0.3, -0.25) is 0 Å². The number of hydrogen-bond acceptors (Lipinski definition) is 6. The van der Waals surface area contributed by atoms with Crippen molar-refractivity contribution in [1.29, 1.82) is 0 Å². The molecule has 1 unspecified atom stereocenters. The Morgan fingerprint density at radius 2 is 1.88 bits per heavy atom. The molecule has 6 nitrogen and oxygen atoms in total. The summed E-state index contributed by atoms with van der Waals surface area (Å²) in [7, 11) is -3.55. The summed E-state index contributed by atoms with van der Waals surface area (Å²) >= 11 is 0. The summed E-state index contributed by atoms with van der Waals surface area (Å²) in [4.78, 5) is 3.89. The molecule has 0 amide bonds. The first-order valence-corrected chi connectivity index (χ1v) is 8.74. The van der Waals surface area contributed by atoms with Crippen LogP contribution < -0.4 is 0 Å². The van der Waals surface area contributed by atoms with Gasteiger partial charge in [-0.1, -0.05) is 24.2 Å². The van der Waals surface area contributed by atoms with Crippen molar-refractivity contribution in [2.45, 2.75) is 18.9 Å². The highest BCUT2D eigenvalue weighted by Gasteiger charge is 2.30. The third-order valence-electron chi connectivity index (χ3n) is 3.13. The van der Waals surface area contributed by atoms with Gasteiger partial charge in [-0.25, -0.2) is 8.42 Å². The number of aliphatic hydroxyl groups is 1. The van der Waals surface area contributed by atoms with Crippen LogP contribution in [0.1, 0.15) is 18.4 Å². The summed E-state index contributed by atoms with van der Waals surface area (Å²) in [6.07, 6.45) is -4.45. The molecule has 0 radical (unpaired) electrons. The van der Waals surface area contributed by atoms with Gasteiger partial charge in [-0.05, 0) is 18.1 Å². The van der Waals surface area contributed by atoms with Crippen molar-refractivity contribution >= 4 is 9.84 Å². The van der Waals surface area contributed by atoms with Crippen LogP contribution in [0.15, 0.2) is 28.8 Å². The lowest BCUT2D eigenvalue weighted by Gasteiger charge is -2.06. The van der Waals surface area contributed by atoms with Crippen LogP contribution in [0.5, 0.6) is 0 Å². The molecule has 0 aliphatic heterocycles. The van der Waals surface area contributed by atoms with E-state index in [4.69, 9.17) is 9.63 Å². The van der Waals surface area contributed by atoms with Crippen LogP contribution in [-0.2, 0) is 21.8 Å². The van der Waals surface area contributed by atoms with Gasteiger partial charge in [0.2, 0.25) is 11.7 Å². The summed E-state index contributed by atoms with van der Waals surface area (Å²) in [5.41, 5.74) is -0.533. The third-order valence-corrected chi connectivity index (χ3v) is 4.90. The molecule has 2 rings (SSSR count). The number of hydrogen-bond donors (Lipinski definition) is 1. The molecule has 2 aromatic rings. The fourth-order valence-electron chi connectivity index (χ4n) is 1.97. The number of aliphatic hydroxyl groups excluding tert-OH is 1. The van der Waals surface area contributed by atoms with Gasteiger partial charge in [0.25, 0.3) is 0 Å². The maximum absolute atomic E-state index is 12.5. The van der Waals surface area contributed by atoms with Gasteiger partial charge >= 0.3 is 6.18 Å². The highest BCUT2D eigenvalue weighted by Crippen LogP contribution is 2.30. The van der Waals surface area contributed by atoms with Gasteiger partial charge in [0, 0.05) is 12.2 Å². The molecule has 1 aromatic carbocycles. The molecule has 132 valence electrons. The average Bonchev–Trinajstić information content (AvgIpc) is 2.93. The van der Waals surface area contributed by atoms with Crippen LogP contribution in [0.2, 0.25) is 0 Å². The van der Waals surface area contributed by atoms with Gasteiger partial charge in [-0.2, -0.15) is 18.2 Å². The molecule has 0 saturated carbocycles. The third kappa shape index (κ3) is 4.78. The van der Waals surface area contributed by atoms with Crippen molar-refractivity contribution in [2.24, 2.45) is 5.92 Å². The van der Waals surface area contributed by atoms with Crippen LogP contribution in [0.25, 0.3) is 11.4 Å². The van der Waals surface area contributed by atoms with Crippen molar-refractivity contribution in [3.05, 3.63) is 35.7 Å². The molecule has 1 aromatic heterocycles. The van der Waals surface area contributed by atoms with Gasteiger partial charge < -0.3 is 9.63 Å². The predicted octanol–water partition coefficient (Wildman–Crippen LogP) is 2.30. The Morgan fingerprint density at radius 1 is 1.25 bits per heavy atom. The monoisotopic (exact) mass is 364 g/mol. The van der Waals surface area contributed by atoms with Crippen LogP contribution in [0.3, 0.4) is 0 Å². The molecule has 0 bridgehead atoms. The summed E-state index contributed by atoms with van der Waals surface area (Å²) < 4.78 is 66.2. The lowest BCUT2D eigenvalue weighted by atomic mass is 10.1. The van der Waals surface area contributed by atoms with Crippen molar-refractivity contribution in [3.8, 4) is 11.4 Å². The maximum atomic E-state index is 12.5. The number of halogens is 3. The van der Waals surface area contributed by atoms with E-state index < -0.39 is 33.2 Å². The number of sulfone groups is 1. The summed E-state index contributed by atoms with van der Waals surface area (Å²) in [5, 5.41) is 12.5. The molecule has 1 atom stereocenters. The maximum Gasteiger partial charge on any atom is 0.416 e. The molecule has 0 saturated heterocycles. The Morgan fingerprint density at radius 3 is 2.42 bits per heavy atom. The Bertz CT molecular complexity index is 785. The summed E-state index contributed by atoms with van der Waals surface area (Å²) in [6, 6.07) is 4.12. The standard InChI is InChI=1S/C14H15F3N2O4S/c1-9(6-20)7-24(21,22)8-12-18-13(19-23-12)10-2-4-11(5-3-10)14(15,16)17/h2-5,9,20H,6-8H2,1H3. The first-order valence-electron chi connectivity index (χ1n) is 6.92. The first-order chi connectivity index (χ1) is 11.1. The van der Waals surface area contributed by atoms with E-state index in [1.54, 1.807) is 6.92 Å². The number of rotatable bonds is 6. The SMILES string of the molecule is CC(CO)CS(=O)(=O)Cc1nc(-c2ccc(C(F)(F)F)cc2)no1. The second kappa shape index (κ2) is 6.89. The van der Waals surface area contributed by atoms with Crippen molar-refractivity contribution in [1.82, 2.24) is 10.1 Å². The van der Waals surface area contributed by atoms with Crippen molar-refractivity contribution in [3.63, 3.8) is 0 Å². The largest absolute Gasteiger partial charge is 0.416 e. The highest BCUT2D eigenvalue weighted by atomic mass is 32.2. The molecule has 1 heterocycles. The molecule has 10 heteroatoms. The molecule has 24 heavy (non-hydrogen) atoms. The molecule has 0 aliphatic rings. The van der Waals surface area contributed by atoms with E-state index in [1.807, 2.05) is 0 Å². The van der Waals surface area contributed by atoms with E-state index in [0.29, 0.717) is 0 Å². The quantitative estimate of drug-likeness (QED) is 0.845. The number of benzene rings is 1. The minimum atomic E-state index is -4.45. The van der Waals surface area contributed by atoms with E-state index in [-0.39, 0.29) is 29.6 Å². The molecule has 0 fully saturated rings. The lowest BCUT2D eigenvalue weighted by molar-refractivity contribution is -0.137. The van der Waals surface area contributed by atoms with Crippen LogP contribution in [0, 0.1) is 5.92 Å². The summed E-state index contributed by atoms with van der Waals surface area (Å²) in [6.45, 7) is 1.32. The van der Waals surface area contributed by atoms with Gasteiger partial charge in [0.05, 0.1) is 11.3 Å². The molecular formula is C14H15F3N2O4S. The van der Waals surface area contributed by atoms with E-state index in [9.17, 15) is 21.6 Å². The smallest absolute Gasteiger partial charge is 0.396 e. The van der Waals surface area contributed by atoms with Crippen LogP contribution >= 0.6 is 0 Å². The van der Waals surface area contributed by atoms with E-state index >= 15 is 0 Å². The van der Waals surface area contributed by atoms with Gasteiger partial charge in [0.1, 0.15) is 5.75 Å². The Hall–Kier alpha value is -1.94. The number of aromatic nitrogens is 2. The second-order valence-corrected chi connectivity index (χ2v) is 7.54. The lowest BCUT2D eigenvalue weighted by Crippen LogP contribution is -2.18. The van der Waals surface area contributed by atoms with Crippen molar-refractivity contribution in [2.75, 3.05) is 12.4 Å². The number of nitrogens with zero attached hydrogens (tertiary/aromatic N) is 2. The number of alkyl halides is 3. The first kappa shape index (κ1) is 18.4. The van der Waals surface area contributed by atoms with Gasteiger partial charge in [-0.15, -0.1) is 0 Å². The molecule has 0 spiro atoms.